The van der Waals surface area contributed by atoms with Gasteiger partial charge in [-0.25, -0.2) is 9.59 Å². The maximum Gasteiger partial charge on any atom is 0.330 e. The summed E-state index contributed by atoms with van der Waals surface area (Å²) in [6.07, 6.45) is 2.82. The molecule has 0 spiro atoms. The van der Waals surface area contributed by atoms with Crippen molar-refractivity contribution in [2.45, 2.75) is 11.3 Å². The van der Waals surface area contributed by atoms with Gasteiger partial charge in [-0.1, -0.05) is 37.4 Å². The van der Waals surface area contributed by atoms with Crippen LogP contribution < -0.4 is 9.47 Å². The van der Waals surface area contributed by atoms with Crippen molar-refractivity contribution < 1.29 is 33.3 Å². The van der Waals surface area contributed by atoms with Gasteiger partial charge in [-0.2, -0.15) is 0 Å². The summed E-state index contributed by atoms with van der Waals surface area (Å²) < 4.78 is 21.0. The van der Waals surface area contributed by atoms with Gasteiger partial charge < -0.3 is 18.9 Å². The Kier molecular flexibility index (Phi) is 11.2. The Morgan fingerprint density at radius 3 is 1.71 bits per heavy atom. The topological polar surface area (TPSA) is 88.1 Å². The molecule has 38 heavy (non-hydrogen) atoms. The third-order valence-electron chi connectivity index (χ3n) is 5.07. The first kappa shape index (κ1) is 28.3. The lowest BCUT2D eigenvalue weighted by atomic mass is 10.0. The highest BCUT2D eigenvalue weighted by molar-refractivity contribution is 8.14. The highest BCUT2D eigenvalue weighted by Gasteiger charge is 2.09. The SMILES string of the molecule is C=CC(=O)OCCCOc1ccc(-c2ccc(C(=O)Sc3ccc(OCCOC(=O)C=C)cc3)cc2)cc1. The molecule has 3 aromatic rings. The third kappa shape index (κ3) is 9.29. The summed E-state index contributed by atoms with van der Waals surface area (Å²) in [5.74, 6) is 0.405. The zero-order valence-electron chi connectivity index (χ0n) is 20.8. The fraction of sp³-hybridized carbons (Fsp3) is 0.167. The zero-order chi connectivity index (χ0) is 27.2. The number of ether oxygens (including phenoxy) is 4. The van der Waals surface area contributed by atoms with Crippen molar-refractivity contribution in [3.63, 3.8) is 0 Å². The number of esters is 2. The Balaban J connectivity index is 1.45. The lowest BCUT2D eigenvalue weighted by Gasteiger charge is -2.08. The predicted molar refractivity (Wildman–Crippen MR) is 146 cm³/mol. The molecule has 0 N–H and O–H groups in total. The van der Waals surface area contributed by atoms with Crippen LogP contribution in [0.4, 0.5) is 0 Å². The van der Waals surface area contributed by atoms with Crippen LogP contribution in [-0.4, -0.2) is 43.5 Å². The van der Waals surface area contributed by atoms with E-state index in [1.54, 1.807) is 24.3 Å². The highest BCUT2D eigenvalue weighted by atomic mass is 32.2. The molecule has 3 rings (SSSR count). The predicted octanol–water partition coefficient (Wildman–Crippen LogP) is 5.89. The molecular formula is C30H28O7S. The van der Waals surface area contributed by atoms with Crippen LogP contribution in [0.25, 0.3) is 11.1 Å². The minimum Gasteiger partial charge on any atom is -0.493 e. The van der Waals surface area contributed by atoms with Gasteiger partial charge in [-0.3, -0.25) is 4.79 Å². The lowest BCUT2D eigenvalue weighted by molar-refractivity contribution is -0.139. The van der Waals surface area contributed by atoms with Crippen LogP contribution in [0.5, 0.6) is 11.5 Å². The molecule has 0 saturated heterocycles. The van der Waals surface area contributed by atoms with Gasteiger partial charge in [0.2, 0.25) is 5.12 Å². The van der Waals surface area contributed by atoms with Gasteiger partial charge in [-0.05, 0) is 71.4 Å². The molecule has 0 saturated carbocycles. The van der Waals surface area contributed by atoms with Crippen molar-refractivity contribution in [3.8, 4) is 22.6 Å². The van der Waals surface area contributed by atoms with E-state index in [0.29, 0.717) is 24.3 Å². The normalized spacial score (nSPS) is 10.2. The molecule has 0 aliphatic heterocycles. The van der Waals surface area contributed by atoms with Crippen molar-refractivity contribution in [1.82, 2.24) is 0 Å². The second-order valence-electron chi connectivity index (χ2n) is 7.76. The number of rotatable bonds is 14. The summed E-state index contributed by atoms with van der Waals surface area (Å²) in [5, 5.41) is -0.0657. The van der Waals surface area contributed by atoms with Crippen LogP contribution in [0.1, 0.15) is 16.8 Å². The largest absolute Gasteiger partial charge is 0.493 e. The third-order valence-corrected chi connectivity index (χ3v) is 6.00. The van der Waals surface area contributed by atoms with E-state index in [1.165, 1.54) is 0 Å². The van der Waals surface area contributed by atoms with Gasteiger partial charge in [0.05, 0.1) is 13.2 Å². The molecule has 196 valence electrons. The Morgan fingerprint density at radius 1 is 0.632 bits per heavy atom. The molecule has 0 aliphatic rings. The second kappa shape index (κ2) is 15.1. The molecule has 0 radical (unpaired) electrons. The number of carbonyl (C=O) groups is 3. The Hall–Kier alpha value is -4.30. The maximum atomic E-state index is 12.7. The smallest absolute Gasteiger partial charge is 0.330 e. The van der Waals surface area contributed by atoms with Crippen LogP contribution in [-0.2, 0) is 19.1 Å². The standard InChI is InChI=1S/C30H28O7S/c1-3-28(31)36-19-5-18-34-25-12-10-23(11-13-25)22-6-8-24(9-7-22)30(33)38-27-16-14-26(15-17-27)35-20-21-37-29(32)4-2/h3-4,6-17H,1-2,5,18-21H2. The maximum absolute atomic E-state index is 12.7. The number of benzene rings is 3. The average molecular weight is 533 g/mol. The van der Waals surface area contributed by atoms with Crippen LogP contribution in [0.15, 0.2) is 103 Å². The molecule has 0 bridgehead atoms. The number of thioether (sulfide) groups is 1. The van der Waals surface area contributed by atoms with Gasteiger partial charge >= 0.3 is 11.9 Å². The molecule has 0 fully saturated rings. The fourth-order valence-corrected chi connectivity index (χ4v) is 3.89. The summed E-state index contributed by atoms with van der Waals surface area (Å²) >= 11 is 1.13. The van der Waals surface area contributed by atoms with E-state index in [1.807, 2.05) is 48.5 Å². The Labute approximate surface area is 226 Å². The summed E-state index contributed by atoms with van der Waals surface area (Å²) in [6.45, 7) is 7.75. The molecule has 0 heterocycles. The Morgan fingerprint density at radius 2 is 1.13 bits per heavy atom. The molecule has 8 heteroatoms. The first-order valence-corrected chi connectivity index (χ1v) is 12.7. The van der Waals surface area contributed by atoms with Crippen molar-refractivity contribution in [3.05, 3.63) is 104 Å². The molecule has 0 aromatic heterocycles. The second-order valence-corrected chi connectivity index (χ2v) is 8.80. The van der Waals surface area contributed by atoms with E-state index in [-0.39, 0.29) is 24.9 Å². The van der Waals surface area contributed by atoms with Crippen molar-refractivity contribution in [2.24, 2.45) is 0 Å². The molecular weight excluding hydrogens is 504 g/mol. The summed E-state index contributed by atoms with van der Waals surface area (Å²) in [4.78, 5) is 35.5. The van der Waals surface area contributed by atoms with Crippen molar-refractivity contribution in [2.75, 3.05) is 26.4 Å². The van der Waals surface area contributed by atoms with E-state index in [9.17, 15) is 14.4 Å². The molecule has 0 unspecified atom stereocenters. The van der Waals surface area contributed by atoms with Gasteiger partial charge in [0, 0.05) is 29.0 Å². The monoisotopic (exact) mass is 532 g/mol. The van der Waals surface area contributed by atoms with Crippen LogP contribution in [0.2, 0.25) is 0 Å². The average Bonchev–Trinajstić information content (AvgIpc) is 2.96. The molecule has 0 aliphatic carbocycles. The fourth-order valence-electron chi connectivity index (χ4n) is 3.15. The van der Waals surface area contributed by atoms with Crippen LogP contribution in [0, 0.1) is 0 Å². The number of carbonyl (C=O) groups excluding carboxylic acids is 3. The first-order chi connectivity index (χ1) is 18.5. The van der Waals surface area contributed by atoms with Gasteiger partial charge in [0.1, 0.15) is 24.7 Å². The van der Waals surface area contributed by atoms with Crippen molar-refractivity contribution in [1.29, 1.82) is 0 Å². The molecule has 0 atom stereocenters. The summed E-state index contributed by atoms with van der Waals surface area (Å²) in [7, 11) is 0. The first-order valence-electron chi connectivity index (χ1n) is 11.8. The lowest BCUT2D eigenvalue weighted by Crippen LogP contribution is -2.10. The molecule has 7 nitrogen and oxygen atoms in total. The van der Waals surface area contributed by atoms with Crippen molar-refractivity contribution >= 4 is 28.8 Å². The van der Waals surface area contributed by atoms with E-state index in [0.717, 1.165) is 45.7 Å². The quantitative estimate of drug-likeness (QED) is 0.110. The van der Waals surface area contributed by atoms with Crippen LogP contribution >= 0.6 is 11.8 Å². The highest BCUT2D eigenvalue weighted by Crippen LogP contribution is 2.27. The number of hydrogen-bond acceptors (Lipinski definition) is 8. The molecule has 3 aromatic carbocycles. The summed E-state index contributed by atoms with van der Waals surface area (Å²) in [6, 6.07) is 22.2. The van der Waals surface area contributed by atoms with E-state index in [4.69, 9.17) is 18.9 Å². The van der Waals surface area contributed by atoms with Gasteiger partial charge in [0.25, 0.3) is 0 Å². The summed E-state index contributed by atoms with van der Waals surface area (Å²) in [5.41, 5.74) is 2.58. The molecule has 0 amide bonds. The van der Waals surface area contributed by atoms with E-state index >= 15 is 0 Å². The van der Waals surface area contributed by atoms with E-state index in [2.05, 4.69) is 13.2 Å². The van der Waals surface area contributed by atoms with Gasteiger partial charge in [-0.15, -0.1) is 0 Å². The Bertz CT molecular complexity index is 1230. The minimum atomic E-state index is -0.492. The zero-order valence-corrected chi connectivity index (χ0v) is 21.6. The van der Waals surface area contributed by atoms with Gasteiger partial charge in [0.15, 0.2) is 0 Å². The van der Waals surface area contributed by atoms with Crippen LogP contribution in [0.3, 0.4) is 0 Å². The number of hydrogen-bond donors (Lipinski definition) is 0. The van der Waals surface area contributed by atoms with E-state index < -0.39 is 11.9 Å². The minimum absolute atomic E-state index is 0.0657.